The second kappa shape index (κ2) is 6.10. The number of carbonyl (C=O) groups is 2. The van der Waals surface area contributed by atoms with Crippen molar-refractivity contribution in [2.24, 2.45) is 5.92 Å². The summed E-state index contributed by atoms with van der Waals surface area (Å²) in [5.41, 5.74) is -0.766. The fourth-order valence-electron chi connectivity index (χ4n) is 2.56. The van der Waals surface area contributed by atoms with Crippen LogP contribution >= 0.6 is 0 Å². The average molecular weight is 341 g/mol. The number of amides is 2. The predicted octanol–water partition coefficient (Wildman–Crippen LogP) is 0.890. The second-order valence-electron chi connectivity index (χ2n) is 5.52. The molecule has 2 N–H and O–H groups in total. The minimum absolute atomic E-state index is 0.0173. The van der Waals surface area contributed by atoms with Crippen LogP contribution in [0.5, 0.6) is 0 Å². The number of alkyl halides is 3. The molecule has 2 aromatic rings. The molecule has 1 saturated heterocycles. The zero-order chi connectivity index (χ0) is 17.3. The lowest BCUT2D eigenvalue weighted by molar-refractivity contribution is -0.137. The van der Waals surface area contributed by atoms with Gasteiger partial charge in [-0.15, -0.1) is 10.2 Å². The molecule has 2 amide bonds. The van der Waals surface area contributed by atoms with Crippen molar-refractivity contribution in [1.29, 1.82) is 0 Å². The molecule has 0 bridgehead atoms. The SMILES string of the molecule is O=C1CC(C(=O)NCc2nnc3cc(C(F)(F)F)ccn23)CCN1. The van der Waals surface area contributed by atoms with E-state index in [-0.39, 0.29) is 30.4 Å². The van der Waals surface area contributed by atoms with Gasteiger partial charge in [0.25, 0.3) is 0 Å². The number of piperidine rings is 1. The Hall–Kier alpha value is -2.65. The van der Waals surface area contributed by atoms with E-state index < -0.39 is 17.7 Å². The average Bonchev–Trinajstić information content (AvgIpc) is 2.94. The molecule has 128 valence electrons. The number of nitrogens with one attached hydrogen (secondary N) is 2. The zero-order valence-corrected chi connectivity index (χ0v) is 12.4. The van der Waals surface area contributed by atoms with E-state index in [1.54, 1.807) is 0 Å². The van der Waals surface area contributed by atoms with Gasteiger partial charge in [-0.05, 0) is 18.6 Å². The van der Waals surface area contributed by atoms with Crippen molar-refractivity contribution < 1.29 is 22.8 Å². The van der Waals surface area contributed by atoms with Crippen molar-refractivity contribution in [3.63, 3.8) is 0 Å². The van der Waals surface area contributed by atoms with Crippen LogP contribution in [0.1, 0.15) is 24.2 Å². The van der Waals surface area contributed by atoms with Gasteiger partial charge in [0.05, 0.1) is 12.1 Å². The Morgan fingerprint density at radius 1 is 1.42 bits per heavy atom. The molecular weight excluding hydrogens is 327 g/mol. The largest absolute Gasteiger partial charge is 0.416 e. The number of carbonyl (C=O) groups excluding carboxylic acids is 2. The quantitative estimate of drug-likeness (QED) is 0.868. The molecule has 0 aromatic carbocycles. The fourth-order valence-corrected chi connectivity index (χ4v) is 2.56. The molecule has 0 radical (unpaired) electrons. The Morgan fingerprint density at radius 2 is 2.21 bits per heavy atom. The zero-order valence-electron chi connectivity index (χ0n) is 12.4. The minimum atomic E-state index is -4.45. The first-order chi connectivity index (χ1) is 11.3. The van der Waals surface area contributed by atoms with Gasteiger partial charge in [0, 0.05) is 25.1 Å². The smallest absolute Gasteiger partial charge is 0.356 e. The van der Waals surface area contributed by atoms with Gasteiger partial charge in [0.1, 0.15) is 0 Å². The number of fused-ring (bicyclic) bond motifs is 1. The third kappa shape index (κ3) is 3.31. The number of rotatable bonds is 3. The molecule has 0 saturated carbocycles. The lowest BCUT2D eigenvalue weighted by atomic mass is 9.97. The van der Waals surface area contributed by atoms with E-state index in [1.807, 2.05) is 0 Å². The van der Waals surface area contributed by atoms with Gasteiger partial charge in [-0.25, -0.2) is 0 Å². The maximum absolute atomic E-state index is 12.7. The maximum Gasteiger partial charge on any atom is 0.416 e. The second-order valence-corrected chi connectivity index (χ2v) is 5.52. The van der Waals surface area contributed by atoms with E-state index >= 15 is 0 Å². The summed E-state index contributed by atoms with van der Waals surface area (Å²) < 4.78 is 39.4. The van der Waals surface area contributed by atoms with Gasteiger partial charge >= 0.3 is 6.18 Å². The normalized spacial score (nSPS) is 18.5. The van der Waals surface area contributed by atoms with Gasteiger partial charge < -0.3 is 10.6 Å². The Labute approximate surface area is 134 Å². The molecule has 2 aromatic heterocycles. The lowest BCUT2D eigenvalue weighted by Gasteiger charge is -2.21. The summed E-state index contributed by atoms with van der Waals surface area (Å²) >= 11 is 0. The van der Waals surface area contributed by atoms with Gasteiger partial charge in [-0.1, -0.05) is 0 Å². The number of aromatic nitrogens is 3. The standard InChI is InChI=1S/C14H14F3N5O2/c15-14(16,17)9-2-4-22-10(6-9)20-21-11(22)7-19-13(24)8-1-3-18-12(23)5-8/h2,4,6,8H,1,3,5,7H2,(H,18,23)(H,19,24). The van der Waals surface area contributed by atoms with Gasteiger partial charge in [-0.2, -0.15) is 13.2 Å². The molecule has 1 fully saturated rings. The molecule has 3 rings (SSSR count). The Balaban J connectivity index is 1.69. The minimum Gasteiger partial charge on any atom is -0.356 e. The molecule has 7 nitrogen and oxygen atoms in total. The Morgan fingerprint density at radius 3 is 2.92 bits per heavy atom. The van der Waals surface area contributed by atoms with Gasteiger partial charge in [0.15, 0.2) is 11.5 Å². The topological polar surface area (TPSA) is 88.4 Å². The number of hydrogen-bond donors (Lipinski definition) is 2. The lowest BCUT2D eigenvalue weighted by Crippen LogP contribution is -2.41. The van der Waals surface area contributed by atoms with Crippen molar-refractivity contribution in [3.05, 3.63) is 29.7 Å². The van der Waals surface area contributed by atoms with E-state index in [9.17, 15) is 22.8 Å². The molecule has 24 heavy (non-hydrogen) atoms. The number of hydrogen-bond acceptors (Lipinski definition) is 4. The van der Waals surface area contributed by atoms with Crippen LogP contribution in [0.2, 0.25) is 0 Å². The van der Waals surface area contributed by atoms with E-state index in [2.05, 4.69) is 20.8 Å². The van der Waals surface area contributed by atoms with E-state index in [1.165, 1.54) is 10.6 Å². The third-order valence-corrected chi connectivity index (χ3v) is 3.85. The first kappa shape index (κ1) is 16.2. The molecule has 1 unspecified atom stereocenters. The molecule has 3 heterocycles. The van der Waals surface area contributed by atoms with Crippen LogP contribution in [0.15, 0.2) is 18.3 Å². The highest BCUT2D eigenvalue weighted by atomic mass is 19.4. The van der Waals surface area contributed by atoms with Crippen LogP contribution in [0.4, 0.5) is 13.2 Å². The third-order valence-electron chi connectivity index (χ3n) is 3.85. The molecular formula is C14H14F3N5O2. The first-order valence-electron chi connectivity index (χ1n) is 7.30. The van der Waals surface area contributed by atoms with E-state index in [0.717, 1.165) is 12.1 Å². The summed E-state index contributed by atoms with van der Waals surface area (Å²) in [5.74, 6) is -0.551. The monoisotopic (exact) mass is 341 g/mol. The first-order valence-corrected chi connectivity index (χ1v) is 7.30. The molecule has 1 aliphatic heterocycles. The fraction of sp³-hybridized carbons (Fsp3) is 0.429. The summed E-state index contributed by atoms with van der Waals surface area (Å²) in [6.45, 7) is 0.467. The van der Waals surface area contributed by atoms with Crippen LogP contribution in [0.3, 0.4) is 0 Å². The highest BCUT2D eigenvalue weighted by Gasteiger charge is 2.31. The van der Waals surface area contributed by atoms with Crippen LogP contribution < -0.4 is 10.6 Å². The van der Waals surface area contributed by atoms with Crippen LogP contribution in [0.25, 0.3) is 5.65 Å². The summed E-state index contributed by atoms with van der Waals surface area (Å²) in [6, 6.07) is 1.82. The van der Waals surface area contributed by atoms with Crippen molar-refractivity contribution in [1.82, 2.24) is 25.2 Å². The number of nitrogens with zero attached hydrogens (tertiary/aromatic N) is 3. The van der Waals surface area contributed by atoms with Crippen molar-refractivity contribution in [2.75, 3.05) is 6.54 Å². The van der Waals surface area contributed by atoms with Crippen LogP contribution in [-0.4, -0.2) is 33.0 Å². The van der Waals surface area contributed by atoms with Crippen molar-refractivity contribution in [3.8, 4) is 0 Å². The Kier molecular flexibility index (Phi) is 4.12. The van der Waals surface area contributed by atoms with E-state index in [0.29, 0.717) is 18.8 Å². The molecule has 0 spiro atoms. The summed E-state index contributed by atoms with van der Waals surface area (Å²) in [6.07, 6.45) is -2.56. The van der Waals surface area contributed by atoms with Crippen molar-refractivity contribution >= 4 is 17.5 Å². The molecule has 10 heteroatoms. The van der Waals surface area contributed by atoms with Crippen molar-refractivity contribution in [2.45, 2.75) is 25.6 Å². The number of halogens is 3. The molecule has 1 atom stereocenters. The number of pyridine rings is 1. The summed E-state index contributed by atoms with van der Waals surface area (Å²) in [4.78, 5) is 23.4. The van der Waals surface area contributed by atoms with Gasteiger partial charge in [0.2, 0.25) is 11.8 Å². The highest BCUT2D eigenvalue weighted by Crippen LogP contribution is 2.29. The van der Waals surface area contributed by atoms with Crippen LogP contribution in [0, 0.1) is 5.92 Å². The van der Waals surface area contributed by atoms with Gasteiger partial charge in [-0.3, -0.25) is 14.0 Å². The Bertz CT molecular complexity index is 786. The summed E-state index contributed by atoms with van der Waals surface area (Å²) in [5, 5.41) is 12.8. The summed E-state index contributed by atoms with van der Waals surface area (Å²) in [7, 11) is 0. The molecule has 1 aliphatic rings. The van der Waals surface area contributed by atoms with E-state index in [4.69, 9.17) is 0 Å². The predicted molar refractivity (Wildman–Crippen MR) is 75.6 cm³/mol. The highest BCUT2D eigenvalue weighted by molar-refractivity contribution is 5.86. The van der Waals surface area contributed by atoms with Crippen LogP contribution in [-0.2, 0) is 22.3 Å². The molecule has 0 aliphatic carbocycles. The maximum atomic E-state index is 12.7.